The van der Waals surface area contributed by atoms with Crippen molar-refractivity contribution in [1.82, 2.24) is 10.6 Å². The van der Waals surface area contributed by atoms with Crippen molar-refractivity contribution in [2.24, 2.45) is 0 Å². The van der Waals surface area contributed by atoms with Gasteiger partial charge in [0.15, 0.2) is 0 Å². The van der Waals surface area contributed by atoms with Gasteiger partial charge >= 0.3 is 0 Å². The molecule has 5 heteroatoms. The van der Waals surface area contributed by atoms with E-state index in [1.54, 1.807) is 7.11 Å². The third-order valence-corrected chi connectivity index (χ3v) is 4.18. The van der Waals surface area contributed by atoms with Crippen molar-refractivity contribution in [3.05, 3.63) is 28.2 Å². The van der Waals surface area contributed by atoms with Gasteiger partial charge in [0.05, 0.1) is 11.6 Å². The Labute approximate surface area is 128 Å². The number of carbonyl (C=O) groups excluding carboxylic acids is 1. The minimum absolute atomic E-state index is 0.116. The standard InChI is InChI=1S/C15H21BrN2O2/c1-20-14-6-4-11(9-13(14)16)5-7-15(19)18-10-12-3-2-8-17-12/h4,6,9,12,17H,2-3,5,7-8,10H2,1H3,(H,18,19). The number of methoxy groups -OCH3 is 1. The van der Waals surface area contributed by atoms with E-state index in [1.807, 2.05) is 18.2 Å². The van der Waals surface area contributed by atoms with Crippen LogP contribution in [0.15, 0.2) is 22.7 Å². The van der Waals surface area contributed by atoms with Gasteiger partial charge in [-0.05, 0) is 59.4 Å². The molecule has 1 unspecified atom stereocenters. The van der Waals surface area contributed by atoms with E-state index in [4.69, 9.17) is 4.74 Å². The number of carbonyl (C=O) groups is 1. The third-order valence-electron chi connectivity index (χ3n) is 3.56. The van der Waals surface area contributed by atoms with E-state index in [2.05, 4.69) is 26.6 Å². The van der Waals surface area contributed by atoms with Crippen LogP contribution >= 0.6 is 15.9 Å². The molecule has 1 aromatic carbocycles. The van der Waals surface area contributed by atoms with Gasteiger partial charge in [-0.2, -0.15) is 0 Å². The molecule has 1 saturated heterocycles. The van der Waals surface area contributed by atoms with E-state index in [1.165, 1.54) is 6.42 Å². The van der Waals surface area contributed by atoms with Gasteiger partial charge in [0, 0.05) is 19.0 Å². The summed E-state index contributed by atoms with van der Waals surface area (Å²) in [5.41, 5.74) is 1.13. The van der Waals surface area contributed by atoms with Crippen molar-refractivity contribution < 1.29 is 9.53 Å². The molecule has 2 N–H and O–H groups in total. The second kappa shape index (κ2) is 7.64. The molecule has 1 aliphatic heterocycles. The van der Waals surface area contributed by atoms with Crippen LogP contribution in [-0.4, -0.2) is 32.1 Å². The molecular weight excluding hydrogens is 320 g/mol. The van der Waals surface area contributed by atoms with Gasteiger partial charge in [-0.15, -0.1) is 0 Å². The molecule has 110 valence electrons. The molecule has 0 radical (unpaired) electrons. The monoisotopic (exact) mass is 340 g/mol. The van der Waals surface area contributed by atoms with Crippen LogP contribution in [0.25, 0.3) is 0 Å². The predicted octanol–water partition coefficient (Wildman–Crippen LogP) is 2.26. The fourth-order valence-electron chi connectivity index (χ4n) is 2.38. The van der Waals surface area contributed by atoms with Crippen LogP contribution < -0.4 is 15.4 Å². The van der Waals surface area contributed by atoms with Gasteiger partial charge in [-0.3, -0.25) is 4.79 Å². The van der Waals surface area contributed by atoms with E-state index in [9.17, 15) is 4.79 Å². The maximum absolute atomic E-state index is 11.8. The highest BCUT2D eigenvalue weighted by Crippen LogP contribution is 2.25. The molecule has 1 aromatic rings. The zero-order valence-corrected chi connectivity index (χ0v) is 13.3. The summed E-state index contributed by atoms with van der Waals surface area (Å²) in [6.07, 6.45) is 3.63. The lowest BCUT2D eigenvalue weighted by Crippen LogP contribution is -2.37. The molecule has 2 rings (SSSR count). The lowest BCUT2D eigenvalue weighted by atomic mass is 10.1. The number of rotatable bonds is 6. The van der Waals surface area contributed by atoms with Crippen LogP contribution in [-0.2, 0) is 11.2 Å². The highest BCUT2D eigenvalue weighted by molar-refractivity contribution is 9.10. The first-order valence-electron chi connectivity index (χ1n) is 7.01. The minimum Gasteiger partial charge on any atom is -0.496 e. The molecular formula is C15H21BrN2O2. The lowest BCUT2D eigenvalue weighted by Gasteiger charge is -2.11. The molecule has 4 nitrogen and oxygen atoms in total. The second-order valence-corrected chi connectivity index (χ2v) is 5.92. The number of amides is 1. The van der Waals surface area contributed by atoms with Crippen LogP contribution in [0, 0.1) is 0 Å². The summed E-state index contributed by atoms with van der Waals surface area (Å²) >= 11 is 3.46. The summed E-state index contributed by atoms with van der Waals surface area (Å²) < 4.78 is 6.11. The highest BCUT2D eigenvalue weighted by atomic mass is 79.9. The van der Waals surface area contributed by atoms with Crippen LogP contribution in [0.2, 0.25) is 0 Å². The molecule has 0 aliphatic carbocycles. The topological polar surface area (TPSA) is 50.4 Å². The molecule has 1 amide bonds. The summed E-state index contributed by atoms with van der Waals surface area (Å²) in [6, 6.07) is 6.37. The maximum Gasteiger partial charge on any atom is 0.220 e. The molecule has 1 aliphatic rings. The molecule has 1 heterocycles. The van der Waals surface area contributed by atoms with Crippen molar-refractivity contribution in [3.63, 3.8) is 0 Å². The fraction of sp³-hybridized carbons (Fsp3) is 0.533. The summed E-state index contributed by atoms with van der Waals surface area (Å²) in [6.45, 7) is 1.81. The number of hydrogen-bond donors (Lipinski definition) is 2. The molecule has 0 aromatic heterocycles. The van der Waals surface area contributed by atoms with E-state index < -0.39 is 0 Å². The SMILES string of the molecule is COc1ccc(CCC(=O)NCC2CCCN2)cc1Br. The summed E-state index contributed by atoms with van der Waals surface area (Å²) in [5, 5.41) is 6.37. The Hall–Kier alpha value is -1.07. The van der Waals surface area contributed by atoms with Gasteiger partial charge in [-0.1, -0.05) is 6.07 Å². The van der Waals surface area contributed by atoms with Crippen molar-refractivity contribution in [3.8, 4) is 5.75 Å². The van der Waals surface area contributed by atoms with E-state index in [0.717, 1.165) is 41.7 Å². The Morgan fingerprint density at radius 1 is 1.55 bits per heavy atom. The van der Waals surface area contributed by atoms with Crippen LogP contribution in [0.4, 0.5) is 0 Å². The molecule has 1 fully saturated rings. The second-order valence-electron chi connectivity index (χ2n) is 5.07. The summed E-state index contributed by atoms with van der Waals surface area (Å²) in [5.74, 6) is 0.927. The zero-order chi connectivity index (χ0) is 14.4. The number of hydrogen-bond acceptors (Lipinski definition) is 3. The van der Waals surface area contributed by atoms with Gasteiger partial charge < -0.3 is 15.4 Å². The molecule has 0 spiro atoms. The van der Waals surface area contributed by atoms with E-state index in [0.29, 0.717) is 12.5 Å². The van der Waals surface area contributed by atoms with Gasteiger partial charge in [-0.25, -0.2) is 0 Å². The molecule has 0 bridgehead atoms. The molecule has 1 atom stereocenters. The van der Waals surface area contributed by atoms with Gasteiger partial charge in [0.2, 0.25) is 5.91 Å². The first-order valence-corrected chi connectivity index (χ1v) is 7.81. The smallest absolute Gasteiger partial charge is 0.220 e. The van der Waals surface area contributed by atoms with Crippen molar-refractivity contribution in [2.45, 2.75) is 31.7 Å². The first kappa shape index (κ1) is 15.3. The Bertz CT molecular complexity index is 459. The summed E-state index contributed by atoms with van der Waals surface area (Å²) in [4.78, 5) is 11.8. The van der Waals surface area contributed by atoms with E-state index in [-0.39, 0.29) is 5.91 Å². The average molecular weight is 341 g/mol. The van der Waals surface area contributed by atoms with Gasteiger partial charge in [0.25, 0.3) is 0 Å². The average Bonchev–Trinajstić information content (AvgIpc) is 2.96. The Kier molecular flexibility index (Phi) is 5.86. The third kappa shape index (κ3) is 4.49. The largest absolute Gasteiger partial charge is 0.496 e. The Balaban J connectivity index is 1.73. The molecule has 0 saturated carbocycles. The number of aryl methyl sites for hydroxylation is 1. The highest BCUT2D eigenvalue weighted by Gasteiger charge is 2.14. The predicted molar refractivity (Wildman–Crippen MR) is 83.0 cm³/mol. The van der Waals surface area contributed by atoms with Crippen molar-refractivity contribution in [2.75, 3.05) is 20.2 Å². The summed E-state index contributed by atoms with van der Waals surface area (Å²) in [7, 11) is 1.64. The fourth-order valence-corrected chi connectivity index (χ4v) is 2.97. The molecule has 20 heavy (non-hydrogen) atoms. The normalized spacial score (nSPS) is 18.0. The van der Waals surface area contributed by atoms with Crippen LogP contribution in [0.3, 0.4) is 0 Å². The first-order chi connectivity index (χ1) is 9.69. The van der Waals surface area contributed by atoms with Crippen molar-refractivity contribution >= 4 is 21.8 Å². The Morgan fingerprint density at radius 3 is 3.05 bits per heavy atom. The van der Waals surface area contributed by atoms with Crippen LogP contribution in [0.5, 0.6) is 5.75 Å². The lowest BCUT2D eigenvalue weighted by molar-refractivity contribution is -0.121. The number of nitrogens with one attached hydrogen (secondary N) is 2. The maximum atomic E-state index is 11.8. The number of halogens is 1. The number of ether oxygens (including phenoxy) is 1. The zero-order valence-electron chi connectivity index (χ0n) is 11.7. The van der Waals surface area contributed by atoms with Crippen molar-refractivity contribution in [1.29, 1.82) is 0 Å². The quantitative estimate of drug-likeness (QED) is 0.835. The van der Waals surface area contributed by atoms with Gasteiger partial charge in [0.1, 0.15) is 5.75 Å². The van der Waals surface area contributed by atoms with E-state index >= 15 is 0 Å². The number of benzene rings is 1. The van der Waals surface area contributed by atoms with Crippen LogP contribution in [0.1, 0.15) is 24.8 Å². The minimum atomic E-state index is 0.116. The Morgan fingerprint density at radius 2 is 2.40 bits per heavy atom.